The van der Waals surface area contributed by atoms with Crippen LogP contribution >= 0.6 is 0 Å². The van der Waals surface area contributed by atoms with Crippen LogP contribution in [0.25, 0.3) is 11.1 Å². The van der Waals surface area contributed by atoms with Gasteiger partial charge in [0.25, 0.3) is 0 Å². The Morgan fingerprint density at radius 3 is 2.40 bits per heavy atom. The zero-order valence-electron chi connectivity index (χ0n) is 17.4. The number of hydrogen-bond donors (Lipinski definition) is 0. The fraction of sp³-hybridized carbons (Fsp3) is 0.320. The molecule has 1 saturated heterocycles. The van der Waals surface area contributed by atoms with Gasteiger partial charge in [0.2, 0.25) is 5.91 Å². The number of aromatic nitrogens is 2. The summed E-state index contributed by atoms with van der Waals surface area (Å²) in [6.45, 7) is 6.02. The van der Waals surface area contributed by atoms with Gasteiger partial charge in [0.1, 0.15) is 0 Å². The SMILES string of the molecule is CCN1CCN(Cc2ccccn2)CC(Cc2ccc(-c3ccncc3)cc2)C1=O. The molecule has 0 aliphatic carbocycles. The van der Waals surface area contributed by atoms with Crippen molar-refractivity contribution in [3.63, 3.8) is 0 Å². The van der Waals surface area contributed by atoms with Crippen LogP contribution in [0.3, 0.4) is 0 Å². The quantitative estimate of drug-likeness (QED) is 0.634. The highest BCUT2D eigenvalue weighted by atomic mass is 16.2. The number of hydrogen-bond acceptors (Lipinski definition) is 4. The third-order valence-electron chi connectivity index (χ3n) is 5.77. The molecule has 0 spiro atoms. The number of rotatable bonds is 6. The van der Waals surface area contributed by atoms with Crippen LogP contribution in [0.15, 0.2) is 73.2 Å². The summed E-state index contributed by atoms with van der Waals surface area (Å²) in [5, 5.41) is 0. The monoisotopic (exact) mass is 400 g/mol. The van der Waals surface area contributed by atoms with E-state index in [4.69, 9.17) is 0 Å². The van der Waals surface area contributed by atoms with Crippen molar-refractivity contribution in [2.24, 2.45) is 5.92 Å². The first kappa shape index (κ1) is 20.2. The second-order valence-electron chi connectivity index (χ2n) is 7.81. The number of carbonyl (C=O) groups excluding carboxylic acids is 1. The van der Waals surface area contributed by atoms with Crippen molar-refractivity contribution < 1.29 is 4.79 Å². The molecule has 5 heteroatoms. The highest BCUT2D eigenvalue weighted by molar-refractivity contribution is 5.79. The molecule has 154 valence electrons. The summed E-state index contributed by atoms with van der Waals surface area (Å²) in [5.41, 5.74) is 4.57. The van der Waals surface area contributed by atoms with Crippen molar-refractivity contribution in [1.29, 1.82) is 0 Å². The average molecular weight is 401 g/mol. The van der Waals surface area contributed by atoms with Crippen molar-refractivity contribution in [1.82, 2.24) is 19.8 Å². The first-order valence-electron chi connectivity index (χ1n) is 10.6. The van der Waals surface area contributed by atoms with Gasteiger partial charge in [-0.2, -0.15) is 0 Å². The maximum absolute atomic E-state index is 13.1. The minimum absolute atomic E-state index is 0.0389. The second kappa shape index (κ2) is 9.63. The lowest BCUT2D eigenvalue weighted by Gasteiger charge is -2.23. The molecule has 1 unspecified atom stereocenters. The van der Waals surface area contributed by atoms with E-state index < -0.39 is 0 Å². The smallest absolute Gasteiger partial charge is 0.227 e. The van der Waals surface area contributed by atoms with Crippen molar-refractivity contribution in [3.8, 4) is 11.1 Å². The summed E-state index contributed by atoms with van der Waals surface area (Å²) in [4.78, 5) is 26.1. The number of amides is 1. The van der Waals surface area contributed by atoms with Crippen molar-refractivity contribution in [2.75, 3.05) is 26.2 Å². The fourth-order valence-electron chi connectivity index (χ4n) is 4.10. The molecule has 1 aliphatic rings. The van der Waals surface area contributed by atoms with Gasteiger partial charge in [-0.25, -0.2) is 0 Å². The molecule has 0 saturated carbocycles. The van der Waals surface area contributed by atoms with Crippen LogP contribution in [0.4, 0.5) is 0 Å². The van der Waals surface area contributed by atoms with Gasteiger partial charge < -0.3 is 4.90 Å². The van der Waals surface area contributed by atoms with E-state index >= 15 is 0 Å². The van der Waals surface area contributed by atoms with Gasteiger partial charge in [0.05, 0.1) is 11.6 Å². The lowest BCUT2D eigenvalue weighted by atomic mass is 9.96. The van der Waals surface area contributed by atoms with Gasteiger partial charge in [-0.1, -0.05) is 30.3 Å². The second-order valence-corrected chi connectivity index (χ2v) is 7.81. The van der Waals surface area contributed by atoms with E-state index in [9.17, 15) is 4.79 Å². The summed E-state index contributed by atoms with van der Waals surface area (Å²) < 4.78 is 0. The molecule has 0 bridgehead atoms. The lowest BCUT2D eigenvalue weighted by Crippen LogP contribution is -2.37. The van der Waals surface area contributed by atoms with Crippen LogP contribution in [-0.2, 0) is 17.8 Å². The first-order chi connectivity index (χ1) is 14.7. The normalized spacial score (nSPS) is 17.7. The van der Waals surface area contributed by atoms with E-state index in [-0.39, 0.29) is 11.8 Å². The zero-order chi connectivity index (χ0) is 20.8. The molecule has 1 amide bonds. The minimum atomic E-state index is -0.0389. The summed E-state index contributed by atoms with van der Waals surface area (Å²) >= 11 is 0. The molecule has 1 aliphatic heterocycles. The van der Waals surface area contributed by atoms with E-state index in [1.807, 2.05) is 47.8 Å². The van der Waals surface area contributed by atoms with Crippen LogP contribution in [-0.4, -0.2) is 51.9 Å². The number of benzene rings is 1. The average Bonchev–Trinajstić information content (AvgIpc) is 2.94. The number of likely N-dealkylation sites (N-methyl/N-ethyl adjacent to an activating group) is 1. The third kappa shape index (κ3) is 4.92. The summed E-state index contributed by atoms with van der Waals surface area (Å²) in [5.74, 6) is 0.224. The molecule has 4 rings (SSSR count). The Hall–Kier alpha value is -3.05. The number of nitrogens with zero attached hydrogens (tertiary/aromatic N) is 4. The Bertz CT molecular complexity index is 944. The highest BCUT2D eigenvalue weighted by Gasteiger charge is 2.29. The lowest BCUT2D eigenvalue weighted by molar-refractivity contribution is -0.134. The van der Waals surface area contributed by atoms with Gasteiger partial charge in [0.15, 0.2) is 0 Å². The molecular weight excluding hydrogens is 372 g/mol. The number of carbonyl (C=O) groups is 1. The van der Waals surface area contributed by atoms with Gasteiger partial charge >= 0.3 is 0 Å². The van der Waals surface area contributed by atoms with Gasteiger partial charge in [-0.15, -0.1) is 0 Å². The minimum Gasteiger partial charge on any atom is -0.341 e. The highest BCUT2D eigenvalue weighted by Crippen LogP contribution is 2.22. The molecule has 0 N–H and O–H groups in total. The molecule has 0 radical (unpaired) electrons. The Morgan fingerprint density at radius 1 is 0.933 bits per heavy atom. The van der Waals surface area contributed by atoms with Crippen molar-refractivity contribution in [3.05, 3.63) is 84.4 Å². The van der Waals surface area contributed by atoms with Crippen molar-refractivity contribution >= 4 is 5.91 Å². The van der Waals surface area contributed by atoms with Gasteiger partial charge in [0, 0.05) is 51.3 Å². The van der Waals surface area contributed by atoms with Crippen LogP contribution in [0, 0.1) is 5.92 Å². The molecule has 3 heterocycles. The van der Waals surface area contributed by atoms with E-state index in [2.05, 4.69) is 52.1 Å². The Kier molecular flexibility index (Phi) is 6.50. The van der Waals surface area contributed by atoms with Gasteiger partial charge in [-0.3, -0.25) is 19.7 Å². The standard InChI is InChI=1S/C25H28N4O/c1-2-29-16-15-28(19-24-5-3-4-12-27-24)18-23(25(29)30)17-20-6-8-21(9-7-20)22-10-13-26-14-11-22/h3-14,23H,2,15-19H2,1H3. The van der Waals surface area contributed by atoms with Crippen LogP contribution in [0.1, 0.15) is 18.2 Å². The molecular formula is C25H28N4O. The maximum atomic E-state index is 13.1. The Balaban J connectivity index is 1.49. The van der Waals surface area contributed by atoms with E-state index in [1.165, 1.54) is 11.1 Å². The molecule has 1 aromatic carbocycles. The van der Waals surface area contributed by atoms with Crippen LogP contribution in [0.2, 0.25) is 0 Å². The largest absolute Gasteiger partial charge is 0.341 e. The topological polar surface area (TPSA) is 49.3 Å². The third-order valence-corrected chi connectivity index (χ3v) is 5.77. The maximum Gasteiger partial charge on any atom is 0.227 e. The predicted octanol–water partition coefficient (Wildman–Crippen LogP) is 3.67. The first-order valence-corrected chi connectivity index (χ1v) is 10.6. The summed E-state index contributed by atoms with van der Waals surface area (Å²) in [6.07, 6.45) is 6.20. The van der Waals surface area contributed by atoms with Crippen molar-refractivity contribution in [2.45, 2.75) is 19.9 Å². The summed E-state index contributed by atoms with van der Waals surface area (Å²) in [6, 6.07) is 18.6. The van der Waals surface area contributed by atoms with Crippen LogP contribution in [0.5, 0.6) is 0 Å². The molecule has 3 aromatic rings. The van der Waals surface area contributed by atoms with E-state index in [1.54, 1.807) is 0 Å². The molecule has 30 heavy (non-hydrogen) atoms. The van der Waals surface area contributed by atoms with E-state index in [0.717, 1.165) is 50.4 Å². The predicted molar refractivity (Wildman–Crippen MR) is 119 cm³/mol. The molecule has 1 atom stereocenters. The van der Waals surface area contributed by atoms with E-state index in [0.29, 0.717) is 0 Å². The fourth-order valence-corrected chi connectivity index (χ4v) is 4.10. The summed E-state index contributed by atoms with van der Waals surface area (Å²) in [7, 11) is 0. The number of pyridine rings is 2. The Morgan fingerprint density at radius 2 is 1.70 bits per heavy atom. The molecule has 5 nitrogen and oxygen atoms in total. The molecule has 2 aromatic heterocycles. The zero-order valence-corrected chi connectivity index (χ0v) is 17.4. The van der Waals surface area contributed by atoms with Gasteiger partial charge in [-0.05, 0) is 54.3 Å². The molecule has 1 fully saturated rings. The Labute approximate surface area is 178 Å². The van der Waals surface area contributed by atoms with Crippen LogP contribution < -0.4 is 0 Å².